The van der Waals surface area contributed by atoms with Crippen LogP contribution in [0.1, 0.15) is 27.2 Å². The molecule has 1 saturated heterocycles. The van der Waals surface area contributed by atoms with Gasteiger partial charge in [-0.15, -0.1) is 0 Å². The molecule has 1 fully saturated rings. The highest BCUT2D eigenvalue weighted by molar-refractivity contribution is 5.95. The number of amides is 2. The number of ether oxygens (including phenoxy) is 1. The highest BCUT2D eigenvalue weighted by Crippen LogP contribution is 2.08. The average Bonchev–Trinajstić information content (AvgIpc) is 2.47. The van der Waals surface area contributed by atoms with Gasteiger partial charge in [-0.05, 0) is 27.2 Å². The number of hydrogen-bond acceptors (Lipinski definition) is 5. The lowest BCUT2D eigenvalue weighted by Crippen LogP contribution is -2.45. The second-order valence-electron chi connectivity index (χ2n) is 4.84. The van der Waals surface area contributed by atoms with Crippen molar-refractivity contribution >= 4 is 12.0 Å². The topological polar surface area (TPSA) is 87.7 Å². The average molecular weight is 230 g/mol. The zero-order chi connectivity index (χ0) is 12.3. The zero-order valence-corrected chi connectivity index (χ0v) is 9.74. The lowest BCUT2D eigenvalue weighted by molar-refractivity contribution is -0.122. The largest absolute Gasteiger partial charge is 0.444 e. The van der Waals surface area contributed by atoms with E-state index >= 15 is 0 Å². The number of rotatable bonds is 1. The van der Waals surface area contributed by atoms with Gasteiger partial charge in [-0.2, -0.15) is 0 Å². The Hall–Kier alpha value is -1.14. The van der Waals surface area contributed by atoms with Crippen molar-refractivity contribution in [3.05, 3.63) is 0 Å². The van der Waals surface area contributed by atoms with Crippen molar-refractivity contribution in [2.75, 3.05) is 6.54 Å². The molecule has 0 saturated carbocycles. The lowest BCUT2D eigenvalue weighted by atomic mass is 10.2. The third-order valence-electron chi connectivity index (χ3n) is 2.05. The molecular weight excluding hydrogens is 212 g/mol. The molecule has 0 radical (unpaired) electrons. The first-order valence-electron chi connectivity index (χ1n) is 5.23. The van der Waals surface area contributed by atoms with E-state index < -0.39 is 29.7 Å². The number of β-amino-alcohol motifs (C(OH)–C–C–N with tert-alkyl or cyclic N) is 1. The van der Waals surface area contributed by atoms with Gasteiger partial charge in [-0.3, -0.25) is 10.1 Å². The first kappa shape index (κ1) is 12.9. The second-order valence-corrected chi connectivity index (χ2v) is 4.84. The molecular formula is C10H18N2O4. The van der Waals surface area contributed by atoms with Crippen molar-refractivity contribution in [3.63, 3.8) is 0 Å². The summed E-state index contributed by atoms with van der Waals surface area (Å²) in [5.41, 5.74) is -0.632. The number of imide groups is 1. The van der Waals surface area contributed by atoms with Crippen molar-refractivity contribution in [3.8, 4) is 0 Å². The molecule has 0 aromatic carbocycles. The number of carbonyl (C=O) groups is 2. The van der Waals surface area contributed by atoms with E-state index in [1.54, 1.807) is 20.8 Å². The van der Waals surface area contributed by atoms with Gasteiger partial charge in [0.05, 0.1) is 12.1 Å². The highest BCUT2D eigenvalue weighted by Gasteiger charge is 2.30. The van der Waals surface area contributed by atoms with Crippen LogP contribution in [0, 0.1) is 0 Å². The Morgan fingerprint density at radius 2 is 2.06 bits per heavy atom. The van der Waals surface area contributed by atoms with E-state index in [9.17, 15) is 14.7 Å². The van der Waals surface area contributed by atoms with Crippen LogP contribution in [0.25, 0.3) is 0 Å². The van der Waals surface area contributed by atoms with E-state index in [0.29, 0.717) is 13.0 Å². The van der Waals surface area contributed by atoms with Crippen LogP contribution in [0.15, 0.2) is 0 Å². The minimum absolute atomic E-state index is 0.314. The minimum Gasteiger partial charge on any atom is -0.444 e. The predicted octanol–water partition coefficient (Wildman–Crippen LogP) is -0.240. The molecule has 0 unspecified atom stereocenters. The van der Waals surface area contributed by atoms with Gasteiger partial charge in [0.15, 0.2) is 0 Å². The van der Waals surface area contributed by atoms with E-state index in [1.165, 1.54) is 0 Å². The Morgan fingerprint density at radius 3 is 2.50 bits per heavy atom. The Balaban J connectivity index is 2.37. The smallest absolute Gasteiger partial charge is 0.414 e. The van der Waals surface area contributed by atoms with Crippen LogP contribution < -0.4 is 10.6 Å². The Labute approximate surface area is 94.3 Å². The second kappa shape index (κ2) is 4.80. The van der Waals surface area contributed by atoms with E-state index in [1.807, 2.05) is 0 Å². The quantitative estimate of drug-likeness (QED) is 0.578. The fourth-order valence-electron chi connectivity index (χ4n) is 1.41. The Bertz CT molecular complexity index is 285. The first-order chi connectivity index (χ1) is 7.28. The number of carbonyl (C=O) groups excluding carboxylic acids is 2. The standard InChI is InChI=1S/C10H18N2O4/c1-10(2,3)16-9(15)12-8(14)7-4-6(13)5-11-7/h6-7,11,13H,4-5H2,1-3H3,(H,12,14,15)/t6-,7-/m0/s1. The number of nitrogens with one attached hydrogen (secondary N) is 2. The van der Waals surface area contributed by atoms with Gasteiger partial charge in [0, 0.05) is 6.54 Å². The highest BCUT2D eigenvalue weighted by atomic mass is 16.6. The van der Waals surface area contributed by atoms with Crippen LogP contribution in [0.4, 0.5) is 4.79 Å². The van der Waals surface area contributed by atoms with Crippen molar-refractivity contribution in [2.45, 2.75) is 44.9 Å². The van der Waals surface area contributed by atoms with Crippen molar-refractivity contribution < 1.29 is 19.4 Å². The van der Waals surface area contributed by atoms with Crippen LogP contribution >= 0.6 is 0 Å². The molecule has 6 heteroatoms. The van der Waals surface area contributed by atoms with Crippen molar-refractivity contribution in [1.82, 2.24) is 10.6 Å². The minimum atomic E-state index is -0.763. The van der Waals surface area contributed by atoms with Gasteiger partial charge in [-0.1, -0.05) is 0 Å². The SMILES string of the molecule is CC(C)(C)OC(=O)NC(=O)[C@@H]1C[C@H](O)CN1. The summed E-state index contributed by atoms with van der Waals surface area (Å²) in [5.74, 6) is -0.467. The molecule has 1 aliphatic heterocycles. The summed E-state index contributed by atoms with van der Waals surface area (Å²) in [7, 11) is 0. The molecule has 2 amide bonds. The third kappa shape index (κ3) is 4.16. The van der Waals surface area contributed by atoms with E-state index in [0.717, 1.165) is 0 Å². The third-order valence-corrected chi connectivity index (χ3v) is 2.05. The van der Waals surface area contributed by atoms with Crippen LogP contribution in [-0.2, 0) is 9.53 Å². The summed E-state index contributed by atoms with van der Waals surface area (Å²) in [5, 5.41) is 14.1. The van der Waals surface area contributed by atoms with Gasteiger partial charge in [-0.25, -0.2) is 4.79 Å². The van der Waals surface area contributed by atoms with Crippen LogP contribution in [-0.4, -0.2) is 41.4 Å². The Kier molecular flexibility index (Phi) is 3.88. The summed E-state index contributed by atoms with van der Waals surface area (Å²) < 4.78 is 4.93. The number of aliphatic hydroxyl groups excluding tert-OH is 1. The van der Waals surface area contributed by atoms with Gasteiger partial charge < -0.3 is 15.2 Å². The van der Waals surface area contributed by atoms with Crippen LogP contribution in [0.3, 0.4) is 0 Å². The molecule has 0 aromatic rings. The van der Waals surface area contributed by atoms with E-state index in [4.69, 9.17) is 4.74 Å². The predicted molar refractivity (Wildman–Crippen MR) is 56.8 cm³/mol. The fourth-order valence-corrected chi connectivity index (χ4v) is 1.41. The number of aliphatic hydroxyl groups is 1. The molecule has 6 nitrogen and oxygen atoms in total. The summed E-state index contributed by atoms with van der Waals surface area (Å²) >= 11 is 0. The summed E-state index contributed by atoms with van der Waals surface area (Å²) in [6.45, 7) is 5.52. The molecule has 1 rings (SSSR count). The van der Waals surface area contributed by atoms with Gasteiger partial charge in [0.1, 0.15) is 5.60 Å². The number of hydrogen-bond donors (Lipinski definition) is 3. The summed E-state index contributed by atoms with van der Waals surface area (Å²) in [6, 6.07) is -0.525. The van der Waals surface area contributed by atoms with Gasteiger partial charge in [0.25, 0.3) is 0 Å². The van der Waals surface area contributed by atoms with Crippen molar-refractivity contribution in [1.29, 1.82) is 0 Å². The summed E-state index contributed by atoms with van der Waals surface area (Å²) in [4.78, 5) is 22.8. The number of alkyl carbamates (subject to hydrolysis) is 1. The molecule has 0 bridgehead atoms. The maximum Gasteiger partial charge on any atom is 0.414 e. The van der Waals surface area contributed by atoms with Crippen LogP contribution in [0.2, 0.25) is 0 Å². The molecule has 2 atom stereocenters. The molecule has 92 valence electrons. The molecule has 0 spiro atoms. The monoisotopic (exact) mass is 230 g/mol. The maximum absolute atomic E-state index is 11.5. The van der Waals surface area contributed by atoms with Crippen LogP contribution in [0.5, 0.6) is 0 Å². The molecule has 0 aromatic heterocycles. The fraction of sp³-hybridized carbons (Fsp3) is 0.800. The zero-order valence-electron chi connectivity index (χ0n) is 9.74. The van der Waals surface area contributed by atoms with Gasteiger partial charge in [0.2, 0.25) is 5.91 Å². The molecule has 1 aliphatic rings. The molecule has 1 heterocycles. The molecule has 3 N–H and O–H groups in total. The van der Waals surface area contributed by atoms with E-state index in [2.05, 4.69) is 10.6 Å². The molecule has 0 aliphatic carbocycles. The lowest BCUT2D eigenvalue weighted by Gasteiger charge is -2.20. The van der Waals surface area contributed by atoms with Crippen molar-refractivity contribution in [2.24, 2.45) is 0 Å². The van der Waals surface area contributed by atoms with Gasteiger partial charge >= 0.3 is 6.09 Å². The molecule has 16 heavy (non-hydrogen) atoms. The maximum atomic E-state index is 11.5. The Morgan fingerprint density at radius 1 is 1.44 bits per heavy atom. The van der Waals surface area contributed by atoms with E-state index in [-0.39, 0.29) is 0 Å². The normalized spacial score (nSPS) is 25.2. The first-order valence-corrected chi connectivity index (χ1v) is 5.23. The summed E-state index contributed by atoms with van der Waals surface area (Å²) in [6.07, 6.45) is -0.982.